The molecule has 0 spiro atoms. The van der Waals surface area contributed by atoms with Crippen LogP contribution in [0.15, 0.2) is 47.6 Å². The monoisotopic (exact) mass is 319 g/mol. The van der Waals surface area contributed by atoms with E-state index in [0.29, 0.717) is 27.3 Å². The Morgan fingerprint density at radius 1 is 1.05 bits per heavy atom. The molecule has 3 rings (SSSR count). The van der Waals surface area contributed by atoms with Gasteiger partial charge in [0.05, 0.1) is 16.3 Å². The lowest BCUT2D eigenvalue weighted by molar-refractivity contribution is 0.451. The molecule has 3 aromatic rings. The lowest BCUT2D eigenvalue weighted by Gasteiger charge is -2.11. The molecule has 0 amide bonds. The largest absolute Gasteiger partial charge is 0.508 e. The summed E-state index contributed by atoms with van der Waals surface area (Å²) in [6.45, 7) is 0. The van der Waals surface area contributed by atoms with E-state index < -0.39 is 0 Å². The van der Waals surface area contributed by atoms with Gasteiger partial charge in [0.2, 0.25) is 0 Å². The van der Waals surface area contributed by atoms with Gasteiger partial charge in [0.1, 0.15) is 11.5 Å². The first-order valence-corrected chi connectivity index (χ1v) is 6.82. The molecular weight excluding hydrogens is 310 g/mol. The van der Waals surface area contributed by atoms with Crippen molar-refractivity contribution in [1.82, 2.24) is 14.8 Å². The van der Waals surface area contributed by atoms with E-state index in [0.717, 1.165) is 0 Å². The molecule has 1 heterocycles. The fourth-order valence-corrected chi connectivity index (χ4v) is 2.48. The number of thiol groups is 1. The van der Waals surface area contributed by atoms with Gasteiger partial charge in [-0.05, 0) is 24.3 Å². The van der Waals surface area contributed by atoms with Crippen molar-refractivity contribution in [3.05, 3.63) is 47.5 Å². The van der Waals surface area contributed by atoms with Gasteiger partial charge < -0.3 is 10.2 Å². The first-order valence-electron chi connectivity index (χ1n) is 5.99. The predicted molar refractivity (Wildman–Crippen MR) is 82.4 cm³/mol. The van der Waals surface area contributed by atoms with E-state index in [4.69, 9.17) is 11.6 Å². The number of phenols is 2. The minimum absolute atomic E-state index is 0.0360. The summed E-state index contributed by atoms with van der Waals surface area (Å²) in [4.78, 5) is 0. The highest BCUT2D eigenvalue weighted by Crippen LogP contribution is 2.34. The summed E-state index contributed by atoms with van der Waals surface area (Å²) in [5, 5.41) is 28.2. The van der Waals surface area contributed by atoms with Crippen molar-refractivity contribution in [2.45, 2.75) is 5.16 Å². The second-order valence-electron chi connectivity index (χ2n) is 4.31. The van der Waals surface area contributed by atoms with E-state index in [1.54, 1.807) is 22.8 Å². The minimum atomic E-state index is -0.107. The van der Waals surface area contributed by atoms with E-state index in [1.165, 1.54) is 12.1 Å². The zero-order valence-electron chi connectivity index (χ0n) is 10.6. The third-order valence-electron chi connectivity index (χ3n) is 2.96. The lowest BCUT2D eigenvalue weighted by Crippen LogP contribution is -1.99. The van der Waals surface area contributed by atoms with E-state index in [9.17, 15) is 10.2 Å². The minimum Gasteiger partial charge on any atom is -0.508 e. The average Bonchev–Trinajstić information content (AvgIpc) is 2.81. The second kappa shape index (κ2) is 5.31. The van der Waals surface area contributed by atoms with Crippen molar-refractivity contribution < 1.29 is 10.2 Å². The Balaban J connectivity index is 2.25. The van der Waals surface area contributed by atoms with Crippen LogP contribution in [0.3, 0.4) is 0 Å². The van der Waals surface area contributed by atoms with E-state index in [2.05, 4.69) is 22.8 Å². The van der Waals surface area contributed by atoms with Gasteiger partial charge >= 0.3 is 0 Å². The summed E-state index contributed by atoms with van der Waals surface area (Å²) in [7, 11) is 0. The van der Waals surface area contributed by atoms with Crippen LogP contribution in [0.1, 0.15) is 0 Å². The Labute approximate surface area is 130 Å². The van der Waals surface area contributed by atoms with Crippen LogP contribution in [0.2, 0.25) is 5.02 Å². The SMILES string of the molecule is Oc1ccc(-c2nnc(S)n2-c2ccccc2Cl)c(O)c1. The molecule has 0 atom stereocenters. The molecule has 7 heteroatoms. The molecular formula is C14H10ClN3O2S. The van der Waals surface area contributed by atoms with Crippen LogP contribution in [0, 0.1) is 0 Å². The number of aromatic hydroxyl groups is 2. The maximum absolute atomic E-state index is 10.00. The van der Waals surface area contributed by atoms with E-state index in [-0.39, 0.29) is 11.5 Å². The average molecular weight is 320 g/mol. The Bertz CT molecular complexity index is 820. The maximum atomic E-state index is 10.00. The smallest absolute Gasteiger partial charge is 0.193 e. The van der Waals surface area contributed by atoms with E-state index >= 15 is 0 Å². The molecule has 0 aliphatic carbocycles. The fraction of sp³-hybridized carbons (Fsp3) is 0. The van der Waals surface area contributed by atoms with Gasteiger partial charge in [0.25, 0.3) is 0 Å². The molecule has 0 aliphatic heterocycles. The summed E-state index contributed by atoms with van der Waals surface area (Å²) in [6.07, 6.45) is 0. The summed E-state index contributed by atoms with van der Waals surface area (Å²) in [5.41, 5.74) is 1.07. The molecule has 0 saturated carbocycles. The van der Waals surface area contributed by atoms with Gasteiger partial charge in [-0.3, -0.25) is 4.57 Å². The topological polar surface area (TPSA) is 71.2 Å². The number of hydrogen-bond acceptors (Lipinski definition) is 5. The van der Waals surface area contributed by atoms with Crippen LogP contribution < -0.4 is 0 Å². The molecule has 21 heavy (non-hydrogen) atoms. The standard InChI is InChI=1S/C14H10ClN3O2S/c15-10-3-1-2-4-11(10)18-13(16-17-14(18)21)9-6-5-8(19)7-12(9)20/h1-7,19-20H,(H,17,21). The van der Waals surface area contributed by atoms with Crippen molar-refractivity contribution in [3.8, 4) is 28.6 Å². The molecule has 0 saturated heterocycles. The first kappa shape index (κ1) is 13.8. The van der Waals surface area contributed by atoms with Gasteiger partial charge in [-0.1, -0.05) is 23.7 Å². The number of rotatable bonds is 2. The molecule has 2 aromatic carbocycles. The predicted octanol–water partition coefficient (Wildman–Crippen LogP) is 3.29. The third-order valence-corrected chi connectivity index (χ3v) is 3.57. The molecule has 0 radical (unpaired) electrons. The molecule has 0 bridgehead atoms. The molecule has 1 aromatic heterocycles. The van der Waals surface area contributed by atoms with E-state index in [1.807, 2.05) is 12.1 Å². The van der Waals surface area contributed by atoms with Crippen LogP contribution in [0.4, 0.5) is 0 Å². The zero-order chi connectivity index (χ0) is 15.0. The quantitative estimate of drug-likeness (QED) is 0.634. The van der Waals surface area contributed by atoms with Crippen LogP contribution in [-0.2, 0) is 0 Å². The van der Waals surface area contributed by atoms with Crippen LogP contribution in [0.25, 0.3) is 17.1 Å². The third kappa shape index (κ3) is 2.43. The second-order valence-corrected chi connectivity index (χ2v) is 5.12. The summed E-state index contributed by atoms with van der Waals surface area (Å²) in [5.74, 6) is 0.237. The lowest BCUT2D eigenvalue weighted by atomic mass is 10.1. The molecule has 106 valence electrons. The highest BCUT2D eigenvalue weighted by atomic mass is 35.5. The number of para-hydroxylation sites is 1. The van der Waals surface area contributed by atoms with Crippen LogP contribution >= 0.6 is 24.2 Å². The fourth-order valence-electron chi connectivity index (χ4n) is 2.01. The first-order chi connectivity index (χ1) is 10.1. The number of phenolic OH excluding ortho intramolecular Hbond substituents is 2. The Morgan fingerprint density at radius 2 is 1.81 bits per heavy atom. The summed E-state index contributed by atoms with van der Waals surface area (Å²) in [6, 6.07) is 11.4. The van der Waals surface area contributed by atoms with Gasteiger partial charge in [0, 0.05) is 6.07 Å². The number of aromatic nitrogens is 3. The molecule has 5 nitrogen and oxygen atoms in total. The number of halogens is 1. The van der Waals surface area contributed by atoms with Crippen LogP contribution in [-0.4, -0.2) is 25.0 Å². The number of benzene rings is 2. The number of hydrogen-bond donors (Lipinski definition) is 3. The maximum Gasteiger partial charge on any atom is 0.193 e. The van der Waals surface area contributed by atoms with Crippen molar-refractivity contribution in [1.29, 1.82) is 0 Å². The Hall–Kier alpha value is -2.18. The normalized spacial score (nSPS) is 10.8. The van der Waals surface area contributed by atoms with Crippen LogP contribution in [0.5, 0.6) is 11.5 Å². The van der Waals surface area contributed by atoms with Crippen molar-refractivity contribution in [2.75, 3.05) is 0 Å². The summed E-state index contributed by atoms with van der Waals surface area (Å²) >= 11 is 10.5. The zero-order valence-corrected chi connectivity index (χ0v) is 12.3. The molecule has 0 fully saturated rings. The number of nitrogens with zero attached hydrogens (tertiary/aromatic N) is 3. The van der Waals surface area contributed by atoms with Gasteiger partial charge in [-0.25, -0.2) is 0 Å². The van der Waals surface area contributed by atoms with Crippen molar-refractivity contribution in [2.24, 2.45) is 0 Å². The van der Waals surface area contributed by atoms with Gasteiger partial charge in [-0.2, -0.15) is 0 Å². The van der Waals surface area contributed by atoms with Gasteiger partial charge in [0.15, 0.2) is 11.0 Å². The Kier molecular flexibility index (Phi) is 3.48. The molecule has 2 N–H and O–H groups in total. The van der Waals surface area contributed by atoms with Crippen molar-refractivity contribution in [3.63, 3.8) is 0 Å². The van der Waals surface area contributed by atoms with Crippen molar-refractivity contribution >= 4 is 24.2 Å². The highest BCUT2D eigenvalue weighted by molar-refractivity contribution is 7.80. The summed E-state index contributed by atoms with van der Waals surface area (Å²) < 4.78 is 1.62. The highest BCUT2D eigenvalue weighted by Gasteiger charge is 2.18. The van der Waals surface area contributed by atoms with Gasteiger partial charge in [-0.15, -0.1) is 22.8 Å². The Morgan fingerprint density at radius 3 is 2.52 bits per heavy atom. The molecule has 0 unspecified atom stereocenters. The molecule has 0 aliphatic rings.